The molecule has 2 aromatic carbocycles. The molecule has 1 heterocycles. The van der Waals surface area contributed by atoms with Crippen LogP contribution in [0.25, 0.3) is 0 Å². The fourth-order valence-corrected chi connectivity index (χ4v) is 2.33. The van der Waals surface area contributed by atoms with Crippen molar-refractivity contribution in [1.29, 1.82) is 0 Å². The Kier molecular flexibility index (Phi) is 2.63. The average Bonchev–Trinajstić information content (AvgIpc) is 2.39. The van der Waals surface area contributed by atoms with Crippen LogP contribution in [0.15, 0.2) is 48.5 Å². The summed E-state index contributed by atoms with van der Waals surface area (Å²) in [6.45, 7) is 2.04. The number of aryl methyl sites for hydroxylation is 1. The van der Waals surface area contributed by atoms with E-state index in [9.17, 15) is 4.79 Å². The third-order valence-electron chi connectivity index (χ3n) is 3.24. The van der Waals surface area contributed by atoms with Gasteiger partial charge in [-0.25, -0.2) is 0 Å². The molecule has 2 heteroatoms. The van der Waals surface area contributed by atoms with Gasteiger partial charge < -0.3 is 4.74 Å². The molecule has 1 aliphatic heterocycles. The fourth-order valence-electron chi connectivity index (χ4n) is 2.33. The normalized spacial score (nSPS) is 18.1. The zero-order valence-corrected chi connectivity index (χ0v) is 10.2. The zero-order chi connectivity index (χ0) is 12.5. The first-order valence-electron chi connectivity index (χ1n) is 6.09. The molecule has 2 nitrogen and oxygen atoms in total. The van der Waals surface area contributed by atoms with Crippen LogP contribution >= 0.6 is 0 Å². The van der Waals surface area contributed by atoms with Crippen molar-refractivity contribution in [3.05, 3.63) is 65.2 Å². The minimum absolute atomic E-state index is 0.156. The summed E-state index contributed by atoms with van der Waals surface area (Å²) >= 11 is 0. The molecule has 0 spiro atoms. The number of rotatable bonds is 1. The lowest BCUT2D eigenvalue weighted by molar-refractivity contribution is 0.0850. The van der Waals surface area contributed by atoms with Crippen molar-refractivity contribution in [3.63, 3.8) is 0 Å². The van der Waals surface area contributed by atoms with Crippen LogP contribution in [0, 0.1) is 6.92 Å². The number of benzene rings is 2. The van der Waals surface area contributed by atoms with Crippen LogP contribution < -0.4 is 4.74 Å². The largest absolute Gasteiger partial charge is 0.484 e. The second-order valence-electron chi connectivity index (χ2n) is 4.64. The van der Waals surface area contributed by atoms with Gasteiger partial charge in [-0.1, -0.05) is 42.0 Å². The molecule has 0 unspecified atom stereocenters. The van der Waals surface area contributed by atoms with Crippen molar-refractivity contribution in [2.24, 2.45) is 0 Å². The zero-order valence-electron chi connectivity index (χ0n) is 10.2. The van der Waals surface area contributed by atoms with E-state index in [1.807, 2.05) is 49.4 Å². The van der Waals surface area contributed by atoms with Crippen LogP contribution in [-0.2, 0) is 0 Å². The lowest BCUT2D eigenvalue weighted by Crippen LogP contribution is -2.20. The van der Waals surface area contributed by atoms with E-state index in [2.05, 4.69) is 6.07 Å². The summed E-state index contributed by atoms with van der Waals surface area (Å²) in [6, 6.07) is 15.6. The molecule has 0 N–H and O–H groups in total. The van der Waals surface area contributed by atoms with E-state index >= 15 is 0 Å². The maximum atomic E-state index is 12.1. The van der Waals surface area contributed by atoms with Gasteiger partial charge in [0, 0.05) is 0 Å². The van der Waals surface area contributed by atoms with E-state index in [1.54, 1.807) is 0 Å². The molecule has 0 fully saturated rings. The van der Waals surface area contributed by atoms with Gasteiger partial charge in [0.2, 0.25) is 0 Å². The molecular weight excluding hydrogens is 224 g/mol. The second kappa shape index (κ2) is 4.30. The van der Waals surface area contributed by atoms with Crippen molar-refractivity contribution in [1.82, 2.24) is 0 Å². The Bertz CT molecular complexity index is 602. The van der Waals surface area contributed by atoms with Gasteiger partial charge in [0.05, 0.1) is 12.0 Å². The minimum atomic E-state index is -0.160. The number of ether oxygens (including phenoxy) is 1. The third kappa shape index (κ3) is 1.90. The molecule has 0 aliphatic carbocycles. The van der Waals surface area contributed by atoms with Crippen molar-refractivity contribution in [3.8, 4) is 5.75 Å². The molecule has 0 bridgehead atoms. The monoisotopic (exact) mass is 238 g/mol. The summed E-state index contributed by atoms with van der Waals surface area (Å²) in [7, 11) is 0. The molecule has 0 radical (unpaired) electrons. The standard InChI is InChI=1S/C16H14O2/c1-11-5-4-6-12(9-11)16-10-14(17)13-7-2-3-8-15(13)18-16/h2-9,16H,10H2,1H3/t16-/m1/s1. The van der Waals surface area contributed by atoms with Gasteiger partial charge >= 0.3 is 0 Å². The first-order chi connectivity index (χ1) is 8.74. The van der Waals surface area contributed by atoms with Crippen LogP contribution in [0.1, 0.15) is 34.0 Å². The first kappa shape index (κ1) is 11.0. The Labute approximate surface area is 106 Å². The highest BCUT2D eigenvalue weighted by atomic mass is 16.5. The number of carbonyl (C=O) groups is 1. The van der Waals surface area contributed by atoms with E-state index in [4.69, 9.17) is 4.74 Å². The highest BCUT2D eigenvalue weighted by Crippen LogP contribution is 2.34. The number of Topliss-reactive ketones (excluding diaryl/α,β-unsaturated/α-hetero) is 1. The summed E-state index contributed by atoms with van der Waals surface area (Å²) in [5.41, 5.74) is 2.95. The number of hydrogen-bond acceptors (Lipinski definition) is 2. The molecule has 90 valence electrons. The summed E-state index contributed by atoms with van der Waals surface area (Å²) in [5, 5.41) is 0. The Morgan fingerprint density at radius 3 is 2.78 bits per heavy atom. The van der Waals surface area contributed by atoms with E-state index in [0.29, 0.717) is 17.7 Å². The van der Waals surface area contributed by atoms with E-state index in [-0.39, 0.29) is 11.9 Å². The van der Waals surface area contributed by atoms with Gasteiger partial charge in [0.25, 0.3) is 0 Å². The number of fused-ring (bicyclic) bond motifs is 1. The SMILES string of the molecule is Cc1cccc([C@H]2CC(=O)c3ccccc3O2)c1. The molecule has 0 saturated carbocycles. The lowest BCUT2D eigenvalue weighted by Gasteiger charge is -2.25. The Hall–Kier alpha value is -2.09. The highest BCUT2D eigenvalue weighted by Gasteiger charge is 2.27. The molecule has 0 amide bonds. The summed E-state index contributed by atoms with van der Waals surface area (Å²) in [5.74, 6) is 0.851. The third-order valence-corrected chi connectivity index (χ3v) is 3.24. The molecule has 18 heavy (non-hydrogen) atoms. The maximum absolute atomic E-state index is 12.1. The van der Waals surface area contributed by atoms with Crippen molar-refractivity contribution in [2.75, 3.05) is 0 Å². The average molecular weight is 238 g/mol. The summed E-state index contributed by atoms with van der Waals surface area (Å²) in [6.07, 6.45) is 0.257. The lowest BCUT2D eigenvalue weighted by atomic mass is 9.95. The second-order valence-corrected chi connectivity index (χ2v) is 4.64. The summed E-state index contributed by atoms with van der Waals surface area (Å²) < 4.78 is 5.92. The number of para-hydroxylation sites is 1. The van der Waals surface area contributed by atoms with Crippen LogP contribution in [-0.4, -0.2) is 5.78 Å². The molecule has 1 aliphatic rings. The first-order valence-corrected chi connectivity index (χ1v) is 6.09. The molecule has 1 atom stereocenters. The summed E-state index contributed by atoms with van der Waals surface area (Å²) in [4.78, 5) is 12.1. The van der Waals surface area contributed by atoms with Crippen molar-refractivity contribution >= 4 is 5.78 Å². The van der Waals surface area contributed by atoms with Gasteiger partial charge in [0.1, 0.15) is 11.9 Å². The van der Waals surface area contributed by atoms with Gasteiger partial charge in [-0.2, -0.15) is 0 Å². The molecule has 2 aromatic rings. The predicted octanol–water partition coefficient (Wildman–Crippen LogP) is 3.70. The van der Waals surface area contributed by atoms with Crippen LogP contribution in [0.4, 0.5) is 0 Å². The predicted molar refractivity (Wildman–Crippen MR) is 69.9 cm³/mol. The quantitative estimate of drug-likeness (QED) is 0.757. The van der Waals surface area contributed by atoms with E-state index < -0.39 is 0 Å². The topological polar surface area (TPSA) is 26.3 Å². The van der Waals surface area contributed by atoms with Crippen molar-refractivity contribution in [2.45, 2.75) is 19.4 Å². The van der Waals surface area contributed by atoms with Gasteiger partial charge in [-0.15, -0.1) is 0 Å². The van der Waals surface area contributed by atoms with Crippen LogP contribution in [0.2, 0.25) is 0 Å². The minimum Gasteiger partial charge on any atom is -0.484 e. The van der Waals surface area contributed by atoms with Gasteiger partial charge in [0.15, 0.2) is 5.78 Å². The van der Waals surface area contributed by atoms with Crippen LogP contribution in [0.3, 0.4) is 0 Å². The number of carbonyl (C=O) groups excluding carboxylic acids is 1. The Morgan fingerprint density at radius 1 is 1.11 bits per heavy atom. The number of ketones is 1. The fraction of sp³-hybridized carbons (Fsp3) is 0.188. The Balaban J connectivity index is 1.97. The molecule has 0 aromatic heterocycles. The van der Waals surface area contributed by atoms with Crippen LogP contribution in [0.5, 0.6) is 5.75 Å². The highest BCUT2D eigenvalue weighted by molar-refractivity contribution is 5.99. The van der Waals surface area contributed by atoms with Gasteiger partial charge in [-0.05, 0) is 24.6 Å². The smallest absolute Gasteiger partial charge is 0.170 e. The van der Waals surface area contributed by atoms with E-state index in [1.165, 1.54) is 5.56 Å². The van der Waals surface area contributed by atoms with Gasteiger partial charge in [-0.3, -0.25) is 4.79 Å². The van der Waals surface area contributed by atoms with Crippen molar-refractivity contribution < 1.29 is 9.53 Å². The Morgan fingerprint density at radius 2 is 1.94 bits per heavy atom. The van der Waals surface area contributed by atoms with E-state index in [0.717, 1.165) is 5.56 Å². The molecule has 0 saturated heterocycles. The molecular formula is C16H14O2. The number of hydrogen-bond donors (Lipinski definition) is 0. The maximum Gasteiger partial charge on any atom is 0.170 e. The molecule has 3 rings (SSSR count).